The minimum Gasteiger partial charge on any atom is -0.493 e. The van der Waals surface area contributed by atoms with Crippen LogP contribution in [-0.2, 0) is 13.0 Å². The van der Waals surface area contributed by atoms with Crippen LogP contribution >= 0.6 is 0 Å². The quantitative estimate of drug-likeness (QED) is 0.592. The summed E-state index contributed by atoms with van der Waals surface area (Å²) in [5.74, 6) is 0.243. The molecule has 0 atom stereocenters. The zero-order valence-electron chi connectivity index (χ0n) is 17.0. The molecule has 0 spiro atoms. The lowest BCUT2D eigenvalue weighted by molar-refractivity contribution is 0.0604. The lowest BCUT2D eigenvalue weighted by Crippen LogP contribution is -2.42. The van der Waals surface area contributed by atoms with Crippen molar-refractivity contribution in [1.29, 1.82) is 5.26 Å². The van der Waals surface area contributed by atoms with Gasteiger partial charge in [0.05, 0.1) is 18.7 Å². The van der Waals surface area contributed by atoms with E-state index in [0.717, 1.165) is 11.1 Å². The predicted octanol–water partition coefficient (Wildman–Crippen LogP) is 3.98. The molecule has 0 saturated carbocycles. The fraction of sp³-hybridized carbons (Fsp3) is 0.160. The second-order valence-electron chi connectivity index (χ2n) is 7.14. The number of benzene rings is 3. The van der Waals surface area contributed by atoms with Gasteiger partial charge in [-0.25, -0.2) is 0 Å². The molecule has 6 nitrogen and oxygen atoms in total. The summed E-state index contributed by atoms with van der Waals surface area (Å²) in [6.45, 7) is 0.655. The van der Waals surface area contributed by atoms with Crippen LogP contribution in [0, 0.1) is 11.3 Å². The first kappa shape index (κ1) is 20.2. The molecule has 1 aliphatic heterocycles. The highest BCUT2D eigenvalue weighted by molar-refractivity contribution is 6.11. The number of methoxy groups -OCH3 is 1. The Labute approximate surface area is 180 Å². The maximum Gasteiger partial charge on any atom is 0.261 e. The summed E-state index contributed by atoms with van der Waals surface area (Å²) >= 11 is 0. The third kappa shape index (κ3) is 4.12. The van der Waals surface area contributed by atoms with Crippen LogP contribution in [0.25, 0.3) is 0 Å². The number of carbonyl (C=O) groups is 2. The second kappa shape index (κ2) is 8.72. The lowest BCUT2D eigenvalue weighted by atomic mass is 9.97. The maximum atomic E-state index is 13.1. The summed E-state index contributed by atoms with van der Waals surface area (Å²) in [5, 5.41) is 8.92. The first-order chi connectivity index (χ1) is 15.1. The highest BCUT2D eigenvalue weighted by atomic mass is 16.5. The van der Waals surface area contributed by atoms with E-state index < -0.39 is 0 Å². The van der Waals surface area contributed by atoms with E-state index in [9.17, 15) is 9.59 Å². The number of hydrogen-bond acceptors (Lipinski definition) is 5. The molecular formula is C25H20N2O4. The van der Waals surface area contributed by atoms with Crippen molar-refractivity contribution in [3.63, 3.8) is 0 Å². The van der Waals surface area contributed by atoms with Gasteiger partial charge in [-0.3, -0.25) is 14.5 Å². The first-order valence-corrected chi connectivity index (χ1v) is 9.84. The summed E-state index contributed by atoms with van der Waals surface area (Å²) in [5.41, 5.74) is 3.10. The van der Waals surface area contributed by atoms with E-state index >= 15 is 0 Å². The van der Waals surface area contributed by atoms with Crippen LogP contribution in [0.2, 0.25) is 0 Å². The van der Waals surface area contributed by atoms with Crippen LogP contribution in [0.15, 0.2) is 66.7 Å². The van der Waals surface area contributed by atoms with Crippen LogP contribution in [0.4, 0.5) is 0 Å². The van der Waals surface area contributed by atoms with Crippen LogP contribution in [0.3, 0.4) is 0 Å². The van der Waals surface area contributed by atoms with Gasteiger partial charge in [0.15, 0.2) is 11.5 Å². The molecule has 154 valence electrons. The van der Waals surface area contributed by atoms with Crippen molar-refractivity contribution >= 4 is 11.8 Å². The Morgan fingerprint density at radius 3 is 2.48 bits per heavy atom. The van der Waals surface area contributed by atoms with Crippen molar-refractivity contribution in [2.45, 2.75) is 13.0 Å². The van der Waals surface area contributed by atoms with Crippen LogP contribution in [0.1, 0.15) is 37.4 Å². The van der Waals surface area contributed by atoms with E-state index in [4.69, 9.17) is 14.7 Å². The molecule has 0 aliphatic carbocycles. The number of ether oxygens (including phenoxy) is 2. The minimum atomic E-state index is -0.386. The third-order valence-corrected chi connectivity index (χ3v) is 5.21. The van der Waals surface area contributed by atoms with Crippen LogP contribution in [-0.4, -0.2) is 30.4 Å². The Bertz CT molecular complexity index is 1160. The topological polar surface area (TPSA) is 79.6 Å². The molecule has 0 N–H and O–H groups in total. The fourth-order valence-electron chi connectivity index (χ4n) is 3.53. The normalized spacial score (nSPS) is 12.6. The smallest absolute Gasteiger partial charge is 0.261 e. The zero-order chi connectivity index (χ0) is 21.8. The summed E-state index contributed by atoms with van der Waals surface area (Å²) in [6, 6.07) is 21.5. The Morgan fingerprint density at radius 1 is 1.06 bits per heavy atom. The molecule has 6 heteroatoms. The van der Waals surface area contributed by atoms with Crippen molar-refractivity contribution in [2.24, 2.45) is 0 Å². The largest absolute Gasteiger partial charge is 0.493 e. The standard InChI is InChI=1S/C25H20N2O4/c1-30-22-14-21-20(13-23(22)31-16-18-5-3-2-4-6-18)11-12-27(25(21)29)24(28)19-9-7-17(15-26)8-10-19/h2-10,13-14H,11-12,16H2,1H3. The van der Waals surface area contributed by atoms with Gasteiger partial charge in [0.25, 0.3) is 11.8 Å². The third-order valence-electron chi connectivity index (χ3n) is 5.21. The Balaban J connectivity index is 1.57. The van der Waals surface area contributed by atoms with E-state index in [0.29, 0.717) is 41.2 Å². The number of fused-ring (bicyclic) bond motifs is 1. The summed E-state index contributed by atoms with van der Waals surface area (Å²) in [6.07, 6.45) is 0.523. The monoisotopic (exact) mass is 412 g/mol. The number of rotatable bonds is 5. The molecule has 1 aliphatic rings. The fourth-order valence-corrected chi connectivity index (χ4v) is 3.53. The molecule has 0 bridgehead atoms. The molecule has 0 unspecified atom stereocenters. The molecule has 4 rings (SSSR count). The molecular weight excluding hydrogens is 392 g/mol. The molecule has 0 saturated heterocycles. The minimum absolute atomic E-state index is 0.273. The Hall–Kier alpha value is -4.11. The van der Waals surface area contributed by atoms with Gasteiger partial charge < -0.3 is 9.47 Å². The van der Waals surface area contributed by atoms with E-state index in [2.05, 4.69) is 0 Å². The second-order valence-corrected chi connectivity index (χ2v) is 7.14. The van der Waals surface area contributed by atoms with Gasteiger partial charge in [-0.05, 0) is 53.9 Å². The van der Waals surface area contributed by atoms with E-state index in [1.165, 1.54) is 12.0 Å². The number of nitriles is 1. The van der Waals surface area contributed by atoms with Crippen LogP contribution in [0.5, 0.6) is 11.5 Å². The van der Waals surface area contributed by atoms with Gasteiger partial charge in [-0.2, -0.15) is 5.26 Å². The maximum absolute atomic E-state index is 13.1. The average Bonchev–Trinajstić information content (AvgIpc) is 2.83. The van der Waals surface area contributed by atoms with Gasteiger partial charge in [-0.15, -0.1) is 0 Å². The summed E-state index contributed by atoms with van der Waals surface area (Å²) in [4.78, 5) is 27.2. The van der Waals surface area contributed by atoms with E-state index in [1.54, 1.807) is 30.3 Å². The van der Waals surface area contributed by atoms with Gasteiger partial charge >= 0.3 is 0 Å². The zero-order valence-corrected chi connectivity index (χ0v) is 17.0. The molecule has 0 radical (unpaired) electrons. The lowest BCUT2D eigenvalue weighted by Gasteiger charge is -2.28. The SMILES string of the molecule is COc1cc2c(cc1OCc1ccccc1)CCN(C(=O)c1ccc(C#N)cc1)C2=O. The number of imide groups is 1. The molecule has 1 heterocycles. The predicted molar refractivity (Wildman–Crippen MR) is 114 cm³/mol. The van der Waals surface area contributed by atoms with Crippen molar-refractivity contribution in [3.8, 4) is 17.6 Å². The average molecular weight is 412 g/mol. The number of carbonyl (C=O) groups excluding carboxylic acids is 2. The molecule has 3 aromatic carbocycles. The summed E-state index contributed by atoms with van der Waals surface area (Å²) in [7, 11) is 1.52. The van der Waals surface area contributed by atoms with Crippen molar-refractivity contribution in [3.05, 3.63) is 94.5 Å². The first-order valence-electron chi connectivity index (χ1n) is 9.84. The highest BCUT2D eigenvalue weighted by Crippen LogP contribution is 2.34. The van der Waals surface area contributed by atoms with Gasteiger partial charge in [0.2, 0.25) is 0 Å². The Morgan fingerprint density at radius 2 is 1.81 bits per heavy atom. The van der Waals surface area contributed by atoms with Crippen molar-refractivity contribution < 1.29 is 19.1 Å². The molecule has 31 heavy (non-hydrogen) atoms. The van der Waals surface area contributed by atoms with Gasteiger partial charge in [0.1, 0.15) is 6.61 Å². The number of hydrogen-bond donors (Lipinski definition) is 0. The Kier molecular flexibility index (Phi) is 5.67. The van der Waals surface area contributed by atoms with Gasteiger partial charge in [0, 0.05) is 17.7 Å². The summed E-state index contributed by atoms with van der Waals surface area (Å²) < 4.78 is 11.4. The van der Waals surface area contributed by atoms with Crippen molar-refractivity contribution in [1.82, 2.24) is 4.90 Å². The molecule has 3 aromatic rings. The molecule has 2 amide bonds. The van der Waals surface area contributed by atoms with Crippen LogP contribution < -0.4 is 9.47 Å². The van der Waals surface area contributed by atoms with Crippen molar-refractivity contribution in [2.75, 3.05) is 13.7 Å². The molecule has 0 aromatic heterocycles. The number of nitrogens with zero attached hydrogens (tertiary/aromatic N) is 2. The highest BCUT2D eigenvalue weighted by Gasteiger charge is 2.31. The number of amides is 2. The van der Waals surface area contributed by atoms with E-state index in [1.807, 2.05) is 42.5 Å². The van der Waals surface area contributed by atoms with Gasteiger partial charge in [-0.1, -0.05) is 30.3 Å². The molecule has 0 fully saturated rings. The van der Waals surface area contributed by atoms with E-state index in [-0.39, 0.29) is 18.4 Å².